The zero-order chi connectivity index (χ0) is 11.9. The maximum atomic E-state index is 11.3. The minimum atomic E-state index is -3.33. The molecule has 3 aliphatic heterocycles. The van der Waals surface area contributed by atoms with Crippen LogP contribution in [0.2, 0.25) is 0 Å². The molecule has 17 heavy (non-hydrogen) atoms. The Morgan fingerprint density at radius 2 is 1.94 bits per heavy atom. The number of hydrazine groups is 1. The van der Waals surface area contributed by atoms with E-state index in [1.807, 2.05) is 6.92 Å². The minimum Gasteiger partial charge on any atom is -0.494 e. The number of hydrogen-bond donors (Lipinski definition) is 0. The van der Waals surface area contributed by atoms with Crippen LogP contribution in [0.1, 0.15) is 13.3 Å². The lowest BCUT2D eigenvalue weighted by atomic mass is 10.3. The number of ether oxygens (including phenoxy) is 1. The number of anilines is 1. The Morgan fingerprint density at radius 3 is 2.47 bits per heavy atom. The van der Waals surface area contributed by atoms with Crippen LogP contribution in [0.3, 0.4) is 0 Å². The molecule has 0 unspecified atom stereocenters. The Labute approximate surface area is 97.9 Å². The molecule has 0 aromatic heterocycles. The maximum absolute atomic E-state index is 11.3. The van der Waals surface area contributed by atoms with Crippen LogP contribution in [0.25, 0.3) is 0 Å². The molecule has 2 bridgehead atoms. The van der Waals surface area contributed by atoms with Gasteiger partial charge in [-0.2, -0.15) is 0 Å². The summed E-state index contributed by atoms with van der Waals surface area (Å²) < 4.78 is 31.2. The topological polar surface area (TPSA) is 60.5 Å². The van der Waals surface area contributed by atoms with Crippen LogP contribution in [0.15, 0.2) is 24.3 Å². The lowest BCUT2D eigenvalue weighted by molar-refractivity contribution is -0.318. The zero-order valence-corrected chi connectivity index (χ0v) is 10.0. The predicted octanol–water partition coefficient (Wildman–Crippen LogP) is 2.43. The zero-order valence-electron chi connectivity index (χ0n) is 9.11. The molecule has 7 nitrogen and oxygen atoms in total. The first-order chi connectivity index (χ1) is 8.20. The molecule has 4 rings (SSSR count). The van der Waals surface area contributed by atoms with Crippen molar-refractivity contribution in [2.45, 2.75) is 13.3 Å². The summed E-state index contributed by atoms with van der Waals surface area (Å²) in [5, 5.41) is 2.12. The summed E-state index contributed by atoms with van der Waals surface area (Å²) in [6.45, 7) is 2.71. The van der Waals surface area contributed by atoms with Gasteiger partial charge in [-0.05, 0) is 30.7 Å². The van der Waals surface area contributed by atoms with Gasteiger partial charge in [-0.1, -0.05) is 6.92 Å². The van der Waals surface area contributed by atoms with Crippen molar-refractivity contribution >= 4 is 13.5 Å². The van der Waals surface area contributed by atoms with Gasteiger partial charge in [0, 0.05) is 0 Å². The first-order valence-corrected chi connectivity index (χ1v) is 6.68. The van der Waals surface area contributed by atoms with Crippen LogP contribution < -0.4 is 9.91 Å². The van der Waals surface area contributed by atoms with Gasteiger partial charge in [0.1, 0.15) is 5.75 Å². The van der Waals surface area contributed by atoms with Gasteiger partial charge in [0.15, 0.2) is 0 Å². The van der Waals surface area contributed by atoms with Crippen molar-refractivity contribution in [1.29, 1.82) is 0 Å². The van der Waals surface area contributed by atoms with E-state index in [1.165, 1.54) is 5.17 Å². The average Bonchev–Trinajstić information content (AvgIpc) is 2.80. The lowest BCUT2D eigenvalue weighted by Crippen LogP contribution is -2.34. The highest BCUT2D eigenvalue weighted by Gasteiger charge is 2.60. The molecule has 3 heterocycles. The minimum absolute atomic E-state index is 0.643. The highest BCUT2D eigenvalue weighted by atomic mass is 31.2. The molecule has 92 valence electrons. The summed E-state index contributed by atoms with van der Waals surface area (Å²) in [7, 11) is -3.33. The van der Waals surface area contributed by atoms with Crippen molar-refractivity contribution in [2.24, 2.45) is 0 Å². The summed E-state index contributed by atoms with van der Waals surface area (Å²) in [6.07, 6.45) is 0.954. The van der Waals surface area contributed by atoms with Crippen LogP contribution in [0, 0.1) is 0 Å². The van der Waals surface area contributed by atoms with Crippen molar-refractivity contribution in [2.75, 3.05) is 11.8 Å². The molecule has 0 N–H and O–H groups in total. The second-order valence-corrected chi connectivity index (χ2v) is 4.93. The monoisotopic (exact) mass is 258 g/mol. The summed E-state index contributed by atoms with van der Waals surface area (Å²) in [6, 6.07) is 7.10. The predicted molar refractivity (Wildman–Crippen MR) is 57.4 cm³/mol. The Bertz CT molecular complexity index is 455. The quantitative estimate of drug-likeness (QED) is 0.768. The molecule has 3 fully saturated rings. The summed E-state index contributed by atoms with van der Waals surface area (Å²) in [5.74, 6) is 0.769. The van der Waals surface area contributed by atoms with E-state index < -0.39 is 7.82 Å². The number of nitrogens with zero attached hydrogens (tertiary/aromatic N) is 2. The Kier molecular flexibility index (Phi) is 2.57. The van der Waals surface area contributed by atoms with E-state index in [0.717, 1.165) is 17.5 Å². The highest BCUT2D eigenvalue weighted by molar-refractivity contribution is 7.49. The van der Waals surface area contributed by atoms with E-state index >= 15 is 0 Å². The van der Waals surface area contributed by atoms with Gasteiger partial charge in [0.2, 0.25) is 0 Å². The van der Waals surface area contributed by atoms with Crippen molar-refractivity contribution < 1.29 is 23.2 Å². The first kappa shape index (κ1) is 11.0. The van der Waals surface area contributed by atoms with Crippen molar-refractivity contribution in [1.82, 2.24) is 5.34 Å². The van der Waals surface area contributed by atoms with E-state index in [1.54, 1.807) is 24.3 Å². The third kappa shape index (κ3) is 1.92. The molecule has 3 aliphatic rings. The van der Waals surface area contributed by atoms with Gasteiger partial charge < -0.3 is 4.74 Å². The lowest BCUT2D eigenvalue weighted by Gasteiger charge is -2.21. The molecule has 3 saturated heterocycles. The van der Waals surface area contributed by atoms with Crippen LogP contribution in [-0.2, 0) is 18.4 Å². The van der Waals surface area contributed by atoms with E-state index in [0.29, 0.717) is 12.3 Å². The molecule has 1 aromatic rings. The second-order valence-electron chi connectivity index (χ2n) is 3.55. The molecular formula is C9H11N2O5P. The third-order valence-electron chi connectivity index (χ3n) is 2.20. The fraction of sp³-hybridized carbons (Fsp3) is 0.333. The fourth-order valence-corrected chi connectivity index (χ4v) is 2.32. The average molecular weight is 258 g/mol. The van der Waals surface area contributed by atoms with Gasteiger partial charge >= 0.3 is 7.82 Å². The number of phosphoric acid groups is 1. The highest BCUT2D eigenvalue weighted by Crippen LogP contribution is 2.67. The SMILES string of the molecule is CCCOc1ccc(N2OP3(=O)ON2O3)cc1. The largest absolute Gasteiger partial charge is 0.538 e. The Balaban J connectivity index is 1.70. The number of fused-ring (bicyclic) bond motifs is 1. The molecule has 0 aliphatic carbocycles. The van der Waals surface area contributed by atoms with Crippen LogP contribution in [0.5, 0.6) is 5.75 Å². The molecule has 0 atom stereocenters. The normalized spacial score (nSPS) is 30.2. The molecule has 0 spiro atoms. The third-order valence-corrected chi connectivity index (χ3v) is 3.23. The second kappa shape index (κ2) is 3.97. The Morgan fingerprint density at radius 1 is 1.24 bits per heavy atom. The van der Waals surface area contributed by atoms with E-state index in [2.05, 4.69) is 0 Å². The van der Waals surface area contributed by atoms with Crippen LogP contribution >= 0.6 is 7.82 Å². The number of benzene rings is 1. The van der Waals surface area contributed by atoms with Gasteiger partial charge in [-0.15, -0.1) is 19.0 Å². The van der Waals surface area contributed by atoms with Gasteiger partial charge in [0.05, 0.1) is 17.6 Å². The molecule has 0 saturated carbocycles. The fourth-order valence-electron chi connectivity index (χ4n) is 1.43. The van der Waals surface area contributed by atoms with Crippen molar-refractivity contribution in [3.05, 3.63) is 24.3 Å². The molecule has 0 radical (unpaired) electrons. The summed E-state index contributed by atoms with van der Waals surface area (Å²) in [5.41, 5.74) is 0.643. The van der Waals surface area contributed by atoms with Gasteiger partial charge in [0.25, 0.3) is 0 Å². The first-order valence-electron chi connectivity index (χ1n) is 5.22. The van der Waals surface area contributed by atoms with E-state index in [4.69, 9.17) is 18.6 Å². The van der Waals surface area contributed by atoms with Crippen LogP contribution in [0.4, 0.5) is 5.69 Å². The smallest absolute Gasteiger partial charge is 0.494 e. The van der Waals surface area contributed by atoms with Gasteiger partial charge in [-0.3, -0.25) is 0 Å². The van der Waals surface area contributed by atoms with Crippen molar-refractivity contribution in [3.63, 3.8) is 0 Å². The number of rotatable bonds is 4. The maximum Gasteiger partial charge on any atom is 0.538 e. The molecule has 8 heteroatoms. The van der Waals surface area contributed by atoms with Crippen molar-refractivity contribution in [3.8, 4) is 5.75 Å². The summed E-state index contributed by atoms with van der Waals surface area (Å²) in [4.78, 5) is 0. The molecule has 1 aromatic carbocycles. The standard InChI is InChI=1S/C9H11N2O5P/c1-2-7-13-9-5-3-8(4-6-9)10-11-15-17(12,14-10)16-11/h3-6H,2,7H2,1H3. The Hall–Kier alpha value is -1.11. The molecular weight excluding hydrogens is 247 g/mol. The van der Waals surface area contributed by atoms with E-state index in [-0.39, 0.29) is 0 Å². The molecule has 0 amide bonds. The van der Waals surface area contributed by atoms with Crippen LogP contribution in [-0.4, -0.2) is 11.9 Å². The van der Waals surface area contributed by atoms with Gasteiger partial charge in [-0.25, -0.2) is 4.57 Å². The number of hydrogen-bond acceptors (Lipinski definition) is 7. The van der Waals surface area contributed by atoms with E-state index in [9.17, 15) is 4.57 Å². The summed E-state index contributed by atoms with van der Waals surface area (Å²) >= 11 is 0.